The van der Waals surface area contributed by atoms with Crippen LogP contribution < -0.4 is 0 Å². The molecule has 0 aliphatic carbocycles. The molecule has 2 heteroatoms. The molecule has 2 heterocycles. The molecular formula is C54H36N2. The molecule has 0 atom stereocenters. The van der Waals surface area contributed by atoms with Gasteiger partial charge < -0.3 is 4.57 Å². The van der Waals surface area contributed by atoms with Crippen molar-refractivity contribution in [2.24, 2.45) is 0 Å². The fourth-order valence-electron chi connectivity index (χ4n) is 9.12. The predicted molar refractivity (Wildman–Crippen MR) is 238 cm³/mol. The second-order valence-electron chi connectivity index (χ2n) is 14.7. The normalized spacial score (nSPS) is 11.7. The van der Waals surface area contributed by atoms with Crippen LogP contribution >= 0.6 is 0 Å². The van der Waals surface area contributed by atoms with E-state index in [1.807, 2.05) is 12.4 Å². The fraction of sp³-hybridized carbons (Fsp3) is 0.0185. The quantitative estimate of drug-likeness (QED) is 0.162. The molecular weight excluding hydrogens is 677 g/mol. The van der Waals surface area contributed by atoms with Gasteiger partial charge in [-0.15, -0.1) is 0 Å². The zero-order valence-electron chi connectivity index (χ0n) is 30.9. The average molecular weight is 713 g/mol. The van der Waals surface area contributed by atoms with Crippen molar-refractivity contribution in [3.63, 3.8) is 0 Å². The maximum Gasteiger partial charge on any atom is 0.0620 e. The van der Waals surface area contributed by atoms with Crippen LogP contribution in [0.15, 0.2) is 200 Å². The van der Waals surface area contributed by atoms with Gasteiger partial charge in [-0.1, -0.05) is 158 Å². The molecule has 0 fully saturated rings. The third-order valence-corrected chi connectivity index (χ3v) is 11.6. The Hall–Kier alpha value is -7.29. The highest BCUT2D eigenvalue weighted by Gasteiger charge is 2.20. The zero-order chi connectivity index (χ0) is 37.2. The van der Waals surface area contributed by atoms with Gasteiger partial charge in [0, 0.05) is 34.2 Å². The molecule has 2 aromatic heterocycles. The van der Waals surface area contributed by atoms with Crippen LogP contribution in [0.4, 0.5) is 0 Å². The molecule has 262 valence electrons. The SMILES string of the molecule is Cc1cc(-c2ccc3c(-c4ccccc4)c4ccccc4c(-c4ccccc4)c3c2)ccc1-c1cc2c3cnccc3n(-c3ccccc3)c2c2ccccc12. The largest absolute Gasteiger partial charge is 0.309 e. The topological polar surface area (TPSA) is 17.8 Å². The minimum absolute atomic E-state index is 1.15. The first kappa shape index (κ1) is 32.2. The molecule has 56 heavy (non-hydrogen) atoms. The predicted octanol–water partition coefficient (Wildman–Crippen LogP) is 14.6. The molecule has 0 saturated heterocycles. The minimum atomic E-state index is 1.15. The van der Waals surface area contributed by atoms with Crippen molar-refractivity contribution in [2.45, 2.75) is 6.92 Å². The maximum atomic E-state index is 4.59. The van der Waals surface area contributed by atoms with E-state index >= 15 is 0 Å². The van der Waals surface area contributed by atoms with E-state index in [9.17, 15) is 0 Å². The highest BCUT2D eigenvalue weighted by atomic mass is 15.0. The molecule has 0 bridgehead atoms. The maximum absolute atomic E-state index is 4.59. The molecule has 9 aromatic carbocycles. The monoisotopic (exact) mass is 712 g/mol. The number of rotatable bonds is 5. The van der Waals surface area contributed by atoms with Crippen molar-refractivity contribution in [1.29, 1.82) is 0 Å². The first-order valence-corrected chi connectivity index (χ1v) is 19.3. The summed E-state index contributed by atoms with van der Waals surface area (Å²) in [5, 5.41) is 9.88. The number of hydrogen-bond donors (Lipinski definition) is 0. The number of aryl methyl sites for hydroxylation is 1. The van der Waals surface area contributed by atoms with E-state index < -0.39 is 0 Å². The van der Waals surface area contributed by atoms with Crippen LogP contribution in [0.3, 0.4) is 0 Å². The molecule has 0 saturated carbocycles. The Balaban J connectivity index is 1.12. The number of nitrogens with zero attached hydrogens (tertiary/aromatic N) is 2. The summed E-state index contributed by atoms with van der Waals surface area (Å²) in [4.78, 5) is 4.59. The average Bonchev–Trinajstić information content (AvgIpc) is 3.60. The van der Waals surface area contributed by atoms with Gasteiger partial charge in [-0.05, 0) is 114 Å². The van der Waals surface area contributed by atoms with Crippen LogP contribution in [0.2, 0.25) is 0 Å². The van der Waals surface area contributed by atoms with Gasteiger partial charge in [-0.2, -0.15) is 0 Å². The number of para-hydroxylation sites is 1. The Labute approximate surface area is 325 Å². The van der Waals surface area contributed by atoms with Crippen molar-refractivity contribution in [1.82, 2.24) is 9.55 Å². The Morgan fingerprint density at radius 2 is 0.929 bits per heavy atom. The van der Waals surface area contributed by atoms with Crippen LogP contribution in [-0.2, 0) is 0 Å². The molecule has 2 nitrogen and oxygen atoms in total. The van der Waals surface area contributed by atoms with E-state index in [-0.39, 0.29) is 0 Å². The lowest BCUT2D eigenvalue weighted by molar-refractivity contribution is 1.18. The molecule has 11 rings (SSSR count). The summed E-state index contributed by atoms with van der Waals surface area (Å²) < 4.78 is 2.39. The van der Waals surface area contributed by atoms with E-state index in [4.69, 9.17) is 0 Å². The zero-order valence-corrected chi connectivity index (χ0v) is 30.9. The first-order chi connectivity index (χ1) is 27.7. The molecule has 0 unspecified atom stereocenters. The van der Waals surface area contributed by atoms with Crippen molar-refractivity contribution < 1.29 is 0 Å². The Kier molecular flexibility index (Phi) is 7.43. The number of pyridine rings is 1. The number of aromatic nitrogens is 2. The van der Waals surface area contributed by atoms with Crippen molar-refractivity contribution in [3.05, 3.63) is 206 Å². The second kappa shape index (κ2) is 12.9. The number of hydrogen-bond acceptors (Lipinski definition) is 1. The summed E-state index contributed by atoms with van der Waals surface area (Å²) in [7, 11) is 0. The van der Waals surface area contributed by atoms with Crippen molar-refractivity contribution in [3.8, 4) is 50.2 Å². The van der Waals surface area contributed by atoms with Gasteiger partial charge in [0.05, 0.1) is 11.0 Å². The Morgan fingerprint density at radius 3 is 1.61 bits per heavy atom. The van der Waals surface area contributed by atoms with Crippen LogP contribution in [0.25, 0.3) is 104 Å². The van der Waals surface area contributed by atoms with Gasteiger partial charge in [0.1, 0.15) is 0 Å². The summed E-state index contributed by atoms with van der Waals surface area (Å²) >= 11 is 0. The molecule has 0 amide bonds. The van der Waals surface area contributed by atoms with Crippen LogP contribution in [0.5, 0.6) is 0 Å². The van der Waals surface area contributed by atoms with E-state index in [0.717, 1.165) is 16.6 Å². The summed E-state index contributed by atoms with van der Waals surface area (Å²) in [5.74, 6) is 0. The van der Waals surface area contributed by atoms with Crippen LogP contribution in [0, 0.1) is 6.92 Å². The van der Waals surface area contributed by atoms with Gasteiger partial charge in [0.2, 0.25) is 0 Å². The lowest BCUT2D eigenvalue weighted by atomic mass is 9.84. The Morgan fingerprint density at radius 1 is 0.375 bits per heavy atom. The third kappa shape index (κ3) is 5.00. The van der Waals surface area contributed by atoms with Gasteiger partial charge in [-0.25, -0.2) is 0 Å². The van der Waals surface area contributed by atoms with Gasteiger partial charge in [0.15, 0.2) is 0 Å². The first-order valence-electron chi connectivity index (χ1n) is 19.3. The third-order valence-electron chi connectivity index (χ3n) is 11.6. The van der Waals surface area contributed by atoms with E-state index in [1.54, 1.807) is 0 Å². The van der Waals surface area contributed by atoms with Crippen LogP contribution in [0.1, 0.15) is 5.56 Å². The standard InChI is InChI=1S/C54H36N2/c1-35-31-38(39-26-28-45-48(32-39)53(37-17-7-3-8-18-37)44-23-13-12-22-43(44)52(45)36-15-5-2-6-16-36)25-27-41(35)47-33-49-50-34-55-30-29-51(50)56(40-19-9-4-10-20-40)54(49)46-24-14-11-21-42(46)47/h2-34H,1H3. The summed E-state index contributed by atoms with van der Waals surface area (Å²) in [5.41, 5.74) is 14.6. The molecule has 0 spiro atoms. The lowest BCUT2D eigenvalue weighted by Gasteiger charge is -2.19. The molecule has 0 aliphatic heterocycles. The van der Waals surface area contributed by atoms with E-state index in [0.29, 0.717) is 0 Å². The highest BCUT2D eigenvalue weighted by Crippen LogP contribution is 2.46. The van der Waals surface area contributed by atoms with Crippen LogP contribution in [-0.4, -0.2) is 9.55 Å². The van der Waals surface area contributed by atoms with Crippen molar-refractivity contribution in [2.75, 3.05) is 0 Å². The van der Waals surface area contributed by atoms with Gasteiger partial charge in [0.25, 0.3) is 0 Å². The molecule has 0 radical (unpaired) electrons. The summed E-state index contributed by atoms with van der Waals surface area (Å²) in [6.07, 6.45) is 3.91. The lowest BCUT2D eigenvalue weighted by Crippen LogP contribution is -1.95. The smallest absolute Gasteiger partial charge is 0.0620 e. The summed E-state index contributed by atoms with van der Waals surface area (Å²) in [6, 6.07) is 68.7. The Bertz CT molecular complexity index is 3290. The molecule has 0 N–H and O–H groups in total. The fourth-order valence-corrected chi connectivity index (χ4v) is 9.12. The molecule has 0 aliphatic rings. The highest BCUT2D eigenvalue weighted by molar-refractivity contribution is 6.23. The van der Waals surface area contributed by atoms with E-state index in [2.05, 4.69) is 205 Å². The van der Waals surface area contributed by atoms with Gasteiger partial charge >= 0.3 is 0 Å². The molecule has 11 aromatic rings. The minimum Gasteiger partial charge on any atom is -0.309 e. The van der Waals surface area contributed by atoms with E-state index in [1.165, 1.54) is 93.3 Å². The summed E-state index contributed by atoms with van der Waals surface area (Å²) in [6.45, 7) is 2.25. The number of benzene rings is 9. The number of fused-ring (bicyclic) bond motifs is 7. The van der Waals surface area contributed by atoms with Gasteiger partial charge in [-0.3, -0.25) is 4.98 Å². The second-order valence-corrected chi connectivity index (χ2v) is 14.7. The van der Waals surface area contributed by atoms with Crippen molar-refractivity contribution >= 4 is 54.1 Å².